The number of piperidine rings is 1. The molecular weight excluding hydrogens is 396 g/mol. The van der Waals surface area contributed by atoms with Crippen LogP contribution in [0.1, 0.15) is 74.8 Å². The molecule has 0 saturated carbocycles. The highest BCUT2D eigenvalue weighted by Gasteiger charge is 2.33. The number of ether oxygens (including phenoxy) is 1. The number of nitrogens with two attached hydrogens (primary N) is 1. The van der Waals surface area contributed by atoms with Crippen molar-refractivity contribution in [2.75, 3.05) is 18.9 Å². The smallest absolute Gasteiger partial charge is 0.340 e. The molecule has 0 spiro atoms. The third kappa shape index (κ3) is 3.60. The van der Waals surface area contributed by atoms with Gasteiger partial charge in [-0.25, -0.2) is 4.79 Å². The number of nitrogen functional groups attached to an aromatic ring is 1. The van der Waals surface area contributed by atoms with Crippen LogP contribution in [0.4, 0.5) is 5.69 Å². The van der Waals surface area contributed by atoms with Crippen LogP contribution in [0.3, 0.4) is 0 Å². The van der Waals surface area contributed by atoms with Gasteiger partial charge in [-0.3, -0.25) is 14.4 Å². The number of rotatable bonds is 4. The van der Waals surface area contributed by atoms with Crippen molar-refractivity contribution >= 4 is 29.1 Å². The largest absolute Gasteiger partial charge is 0.452 e. The first-order chi connectivity index (χ1) is 14.9. The number of hydrogen-bond acceptors (Lipinski definition) is 6. The van der Waals surface area contributed by atoms with E-state index in [0.29, 0.717) is 12.1 Å². The number of nitrogens with zero attached hydrogens (tertiary/aromatic N) is 1. The van der Waals surface area contributed by atoms with E-state index in [2.05, 4.69) is 0 Å². The lowest BCUT2D eigenvalue weighted by Gasteiger charge is -2.35. The molecule has 7 heteroatoms. The van der Waals surface area contributed by atoms with Gasteiger partial charge >= 0.3 is 5.97 Å². The first-order valence-corrected chi connectivity index (χ1v) is 10.5. The van der Waals surface area contributed by atoms with Gasteiger partial charge in [0.15, 0.2) is 18.2 Å². The van der Waals surface area contributed by atoms with E-state index in [1.807, 2.05) is 6.92 Å². The molecule has 0 aromatic heterocycles. The van der Waals surface area contributed by atoms with E-state index in [-0.39, 0.29) is 52.3 Å². The molecule has 1 amide bonds. The lowest BCUT2D eigenvalue weighted by Crippen LogP contribution is -2.45. The van der Waals surface area contributed by atoms with Crippen LogP contribution >= 0.6 is 0 Å². The van der Waals surface area contributed by atoms with Crippen molar-refractivity contribution < 1.29 is 23.9 Å². The molecule has 4 rings (SSSR count). The molecule has 31 heavy (non-hydrogen) atoms. The predicted octanol–water partition coefficient (Wildman–Crippen LogP) is 2.99. The number of benzene rings is 2. The van der Waals surface area contributed by atoms with Crippen molar-refractivity contribution in [3.63, 3.8) is 0 Å². The van der Waals surface area contributed by atoms with Crippen LogP contribution < -0.4 is 5.73 Å². The van der Waals surface area contributed by atoms with Crippen LogP contribution in [-0.4, -0.2) is 47.5 Å². The van der Waals surface area contributed by atoms with Gasteiger partial charge in [0.2, 0.25) is 0 Å². The summed E-state index contributed by atoms with van der Waals surface area (Å²) in [5, 5.41) is 0. The monoisotopic (exact) mass is 420 g/mol. The second-order valence-electron chi connectivity index (χ2n) is 7.87. The van der Waals surface area contributed by atoms with Gasteiger partial charge < -0.3 is 15.4 Å². The molecule has 1 heterocycles. The molecule has 0 unspecified atom stereocenters. The van der Waals surface area contributed by atoms with E-state index in [1.54, 1.807) is 29.2 Å². The lowest BCUT2D eigenvalue weighted by molar-refractivity contribution is -0.138. The van der Waals surface area contributed by atoms with Crippen molar-refractivity contribution in [2.24, 2.45) is 0 Å². The topological polar surface area (TPSA) is 107 Å². The Morgan fingerprint density at radius 3 is 2.45 bits per heavy atom. The molecule has 0 bridgehead atoms. The minimum absolute atomic E-state index is 0.00607. The molecule has 2 aromatic rings. The van der Waals surface area contributed by atoms with E-state index in [4.69, 9.17) is 10.5 Å². The van der Waals surface area contributed by atoms with Crippen molar-refractivity contribution in [1.82, 2.24) is 4.90 Å². The van der Waals surface area contributed by atoms with E-state index >= 15 is 0 Å². The number of amides is 1. The molecule has 160 valence electrons. The maximum atomic E-state index is 12.9. The molecule has 1 aliphatic carbocycles. The maximum absolute atomic E-state index is 12.9. The third-order valence-electron chi connectivity index (χ3n) is 6.10. The molecule has 1 atom stereocenters. The zero-order valence-electron chi connectivity index (χ0n) is 17.3. The highest BCUT2D eigenvalue weighted by molar-refractivity contribution is 6.30. The summed E-state index contributed by atoms with van der Waals surface area (Å²) in [5.41, 5.74) is 6.74. The van der Waals surface area contributed by atoms with Crippen LogP contribution in [-0.2, 0) is 9.53 Å². The third-order valence-corrected chi connectivity index (χ3v) is 6.10. The lowest BCUT2D eigenvalue weighted by atomic mass is 9.82. The zero-order chi connectivity index (χ0) is 22.1. The average Bonchev–Trinajstić information content (AvgIpc) is 2.80. The van der Waals surface area contributed by atoms with Crippen LogP contribution in [0.5, 0.6) is 0 Å². The van der Waals surface area contributed by atoms with Crippen molar-refractivity contribution in [3.8, 4) is 0 Å². The van der Waals surface area contributed by atoms with E-state index < -0.39 is 11.8 Å². The number of anilines is 1. The van der Waals surface area contributed by atoms with E-state index in [1.165, 1.54) is 12.1 Å². The first kappa shape index (κ1) is 20.8. The van der Waals surface area contributed by atoms with Crippen molar-refractivity contribution in [3.05, 3.63) is 64.2 Å². The van der Waals surface area contributed by atoms with Gasteiger partial charge in [-0.05, 0) is 37.8 Å². The molecule has 1 fully saturated rings. The summed E-state index contributed by atoms with van der Waals surface area (Å²) in [6, 6.07) is 9.45. The van der Waals surface area contributed by atoms with Crippen LogP contribution in [0.15, 0.2) is 36.4 Å². The van der Waals surface area contributed by atoms with Crippen LogP contribution in [0.25, 0.3) is 0 Å². The van der Waals surface area contributed by atoms with Gasteiger partial charge in [-0.15, -0.1) is 0 Å². The summed E-state index contributed by atoms with van der Waals surface area (Å²) in [5.74, 6) is -1.76. The number of fused-ring (bicyclic) bond motifs is 2. The number of carbonyl (C=O) groups is 4. The molecule has 2 aromatic carbocycles. The van der Waals surface area contributed by atoms with E-state index in [9.17, 15) is 19.2 Å². The summed E-state index contributed by atoms with van der Waals surface area (Å²) in [6.07, 6.45) is 3.83. The number of esters is 1. The first-order valence-electron chi connectivity index (χ1n) is 10.5. The Morgan fingerprint density at radius 2 is 1.74 bits per heavy atom. The summed E-state index contributed by atoms with van der Waals surface area (Å²) in [7, 11) is 0. The highest BCUT2D eigenvalue weighted by Crippen LogP contribution is 2.33. The zero-order valence-corrected chi connectivity index (χ0v) is 17.3. The van der Waals surface area contributed by atoms with Crippen LogP contribution in [0, 0.1) is 0 Å². The standard InChI is InChI=1S/C24H24N2O5/c1-2-14-7-5-6-12-26(14)19(27)13-31-24(30)18-11-10-17-20(21(18)25)23(29)16-9-4-3-8-15(16)22(17)28/h3-4,8-11,14H,2,5-7,12-13,25H2,1H3/t14-/m1/s1. The SMILES string of the molecule is CC[C@@H]1CCCCN1C(=O)COC(=O)c1ccc2c(c1N)C(=O)c1ccccc1C2=O. The Kier molecular flexibility index (Phi) is 5.59. The van der Waals surface area contributed by atoms with Crippen LogP contribution in [0.2, 0.25) is 0 Å². The molecule has 2 aliphatic rings. The fraction of sp³-hybridized carbons (Fsp3) is 0.333. The fourth-order valence-corrected chi connectivity index (χ4v) is 4.43. The Labute approximate surface area is 180 Å². The second-order valence-corrected chi connectivity index (χ2v) is 7.87. The van der Waals surface area contributed by atoms with Crippen molar-refractivity contribution in [1.29, 1.82) is 0 Å². The molecule has 1 aliphatic heterocycles. The number of ketones is 2. The summed E-state index contributed by atoms with van der Waals surface area (Å²) in [6.45, 7) is 2.31. The van der Waals surface area contributed by atoms with Gasteiger partial charge in [-0.1, -0.05) is 31.2 Å². The normalized spacial score (nSPS) is 17.7. The Hall–Kier alpha value is -3.48. The summed E-state index contributed by atoms with van der Waals surface area (Å²) in [4.78, 5) is 52.7. The summed E-state index contributed by atoms with van der Waals surface area (Å²) < 4.78 is 5.23. The molecule has 1 saturated heterocycles. The van der Waals surface area contributed by atoms with Gasteiger partial charge in [0, 0.05) is 29.3 Å². The molecular formula is C24H24N2O5. The van der Waals surface area contributed by atoms with Gasteiger partial charge in [0.1, 0.15) is 0 Å². The van der Waals surface area contributed by atoms with E-state index in [0.717, 1.165) is 25.7 Å². The predicted molar refractivity (Wildman–Crippen MR) is 114 cm³/mol. The second kappa shape index (κ2) is 8.34. The molecule has 7 nitrogen and oxygen atoms in total. The number of hydrogen-bond donors (Lipinski definition) is 1. The Morgan fingerprint density at radius 1 is 1.03 bits per heavy atom. The highest BCUT2D eigenvalue weighted by atomic mass is 16.5. The summed E-state index contributed by atoms with van der Waals surface area (Å²) >= 11 is 0. The van der Waals surface area contributed by atoms with Crippen molar-refractivity contribution in [2.45, 2.75) is 38.6 Å². The average molecular weight is 420 g/mol. The quantitative estimate of drug-likeness (QED) is 0.514. The molecule has 2 N–H and O–H groups in total. The maximum Gasteiger partial charge on any atom is 0.340 e. The van der Waals surface area contributed by atoms with Gasteiger partial charge in [-0.2, -0.15) is 0 Å². The minimum Gasteiger partial charge on any atom is -0.452 e. The fourth-order valence-electron chi connectivity index (χ4n) is 4.43. The van der Waals surface area contributed by atoms with Gasteiger partial charge in [0.05, 0.1) is 16.8 Å². The Bertz CT molecular complexity index is 1090. The number of carbonyl (C=O) groups excluding carboxylic acids is 4. The molecule has 0 radical (unpaired) electrons. The number of likely N-dealkylation sites (tertiary alicyclic amines) is 1. The Balaban J connectivity index is 1.54. The van der Waals surface area contributed by atoms with Gasteiger partial charge in [0.25, 0.3) is 5.91 Å². The minimum atomic E-state index is -0.794.